The molecule has 5 N–H and O–H groups in total. The molecule has 146 valence electrons. The number of nitrogens with two attached hydrogens (primary N) is 2. The minimum Gasteiger partial charge on any atom is -0.489 e. The van der Waals surface area contributed by atoms with Gasteiger partial charge in [-0.1, -0.05) is 36.9 Å². The Balaban J connectivity index is 1.41. The molecule has 0 saturated heterocycles. The Bertz CT molecular complexity index is 1150. The molecule has 4 aromatic rings. The lowest BCUT2D eigenvalue weighted by atomic mass is 10.2. The third-order valence-corrected chi connectivity index (χ3v) is 4.53. The summed E-state index contributed by atoms with van der Waals surface area (Å²) < 4.78 is 11.8. The molecule has 2 heterocycles. The van der Waals surface area contributed by atoms with Crippen LogP contribution in [0.25, 0.3) is 16.7 Å². The van der Waals surface area contributed by atoms with Crippen molar-refractivity contribution in [3.05, 3.63) is 90.2 Å². The molecule has 0 saturated carbocycles. The van der Waals surface area contributed by atoms with Crippen LogP contribution < -0.4 is 21.5 Å². The largest absolute Gasteiger partial charge is 0.489 e. The molecular formula is C23H22N4O2. The number of pyridine rings is 1. The van der Waals surface area contributed by atoms with Gasteiger partial charge in [-0.15, -0.1) is 0 Å². The van der Waals surface area contributed by atoms with E-state index < -0.39 is 0 Å². The first kappa shape index (κ1) is 18.4. The monoisotopic (exact) mass is 386 g/mol. The van der Waals surface area contributed by atoms with Crippen LogP contribution in [-0.4, -0.2) is 4.98 Å². The molecule has 0 spiro atoms. The number of ether oxygens (including phenoxy) is 1. The van der Waals surface area contributed by atoms with E-state index >= 15 is 0 Å². The predicted octanol–water partition coefficient (Wildman–Crippen LogP) is 4.33. The number of nitrogens with zero attached hydrogens (tertiary/aromatic N) is 1. The van der Waals surface area contributed by atoms with Crippen molar-refractivity contribution in [2.75, 3.05) is 11.5 Å². The molecule has 29 heavy (non-hydrogen) atoms. The topological polar surface area (TPSA) is 99.3 Å². The Kier molecular flexibility index (Phi) is 5.07. The number of benzene rings is 2. The minimum absolute atomic E-state index is 0.340. The van der Waals surface area contributed by atoms with Crippen LogP contribution in [0.15, 0.2) is 77.7 Å². The van der Waals surface area contributed by atoms with Gasteiger partial charge in [-0.3, -0.25) is 0 Å². The molecule has 0 fully saturated rings. The summed E-state index contributed by atoms with van der Waals surface area (Å²) >= 11 is 0. The smallest absolute Gasteiger partial charge is 0.135 e. The second kappa shape index (κ2) is 7.98. The number of furan rings is 1. The van der Waals surface area contributed by atoms with Gasteiger partial charge in [0.25, 0.3) is 0 Å². The first-order chi connectivity index (χ1) is 14.1. The van der Waals surface area contributed by atoms with E-state index in [2.05, 4.69) is 16.9 Å². The number of fused-ring (bicyclic) bond motifs is 1. The Morgan fingerprint density at radius 1 is 1.03 bits per heavy atom. The van der Waals surface area contributed by atoms with Gasteiger partial charge in [0, 0.05) is 16.6 Å². The minimum atomic E-state index is 0.340. The van der Waals surface area contributed by atoms with Crippen molar-refractivity contribution in [1.82, 2.24) is 10.3 Å². The van der Waals surface area contributed by atoms with E-state index in [0.717, 1.165) is 28.0 Å². The summed E-state index contributed by atoms with van der Waals surface area (Å²) in [6.07, 6.45) is 0. The van der Waals surface area contributed by atoms with Crippen molar-refractivity contribution in [2.24, 2.45) is 0 Å². The second-order valence-electron chi connectivity index (χ2n) is 6.69. The van der Waals surface area contributed by atoms with Gasteiger partial charge in [-0.05, 0) is 42.0 Å². The fraction of sp³-hybridized carbons (Fsp3) is 0.0870. The summed E-state index contributed by atoms with van der Waals surface area (Å²) in [4.78, 5) is 4.05. The lowest BCUT2D eigenvalue weighted by Crippen LogP contribution is -2.12. The number of aromatic nitrogens is 1. The van der Waals surface area contributed by atoms with Gasteiger partial charge in [-0.2, -0.15) is 0 Å². The van der Waals surface area contributed by atoms with Crippen molar-refractivity contribution in [2.45, 2.75) is 13.2 Å². The molecule has 0 unspecified atom stereocenters. The zero-order chi connectivity index (χ0) is 20.2. The van der Waals surface area contributed by atoms with Crippen LogP contribution in [0.2, 0.25) is 0 Å². The van der Waals surface area contributed by atoms with E-state index in [1.54, 1.807) is 12.1 Å². The van der Waals surface area contributed by atoms with E-state index in [4.69, 9.17) is 20.6 Å². The second-order valence-corrected chi connectivity index (χ2v) is 6.69. The van der Waals surface area contributed by atoms with Crippen LogP contribution in [0, 0.1) is 0 Å². The highest BCUT2D eigenvalue weighted by atomic mass is 16.5. The zero-order valence-corrected chi connectivity index (χ0v) is 15.9. The normalized spacial score (nSPS) is 10.8. The van der Waals surface area contributed by atoms with Crippen LogP contribution in [-0.2, 0) is 13.2 Å². The maximum Gasteiger partial charge on any atom is 0.135 e. The van der Waals surface area contributed by atoms with E-state index in [-0.39, 0.29) is 0 Å². The molecule has 4 rings (SSSR count). The molecule has 0 amide bonds. The summed E-state index contributed by atoms with van der Waals surface area (Å²) in [7, 11) is 0. The van der Waals surface area contributed by atoms with Crippen molar-refractivity contribution in [3.63, 3.8) is 0 Å². The summed E-state index contributed by atoms with van der Waals surface area (Å²) in [5.41, 5.74) is 14.8. The van der Waals surface area contributed by atoms with Gasteiger partial charge in [-0.25, -0.2) is 4.98 Å². The van der Waals surface area contributed by atoms with Gasteiger partial charge in [0.15, 0.2) is 0 Å². The molecule has 0 aliphatic carbocycles. The molecule has 6 heteroatoms. The fourth-order valence-corrected chi connectivity index (χ4v) is 3.03. The average molecular weight is 386 g/mol. The number of rotatable bonds is 7. The van der Waals surface area contributed by atoms with E-state index in [9.17, 15) is 0 Å². The maximum absolute atomic E-state index is 5.91. The first-order valence-electron chi connectivity index (χ1n) is 9.23. The standard InChI is InChI=1S/C23H22N4O2/c1-15(20-8-10-22(24)27-23(20)25)26-13-19-12-17-11-18(7-9-21(17)29-19)28-14-16-5-3-2-4-6-16/h2-12,26H,1,13-14H2,(H4,24,25,27). The van der Waals surface area contributed by atoms with Crippen molar-refractivity contribution in [1.29, 1.82) is 0 Å². The van der Waals surface area contributed by atoms with Gasteiger partial charge in [0.05, 0.1) is 6.54 Å². The van der Waals surface area contributed by atoms with Gasteiger partial charge in [0.2, 0.25) is 0 Å². The molecule has 0 radical (unpaired) electrons. The lowest BCUT2D eigenvalue weighted by molar-refractivity contribution is 0.306. The summed E-state index contributed by atoms with van der Waals surface area (Å²) in [6, 6.07) is 21.3. The maximum atomic E-state index is 5.91. The fourth-order valence-electron chi connectivity index (χ4n) is 3.03. The van der Waals surface area contributed by atoms with E-state index in [1.807, 2.05) is 54.6 Å². The lowest BCUT2D eigenvalue weighted by Gasteiger charge is -2.10. The van der Waals surface area contributed by atoms with Gasteiger partial charge >= 0.3 is 0 Å². The number of nitrogens with one attached hydrogen (secondary N) is 1. The predicted molar refractivity (Wildman–Crippen MR) is 116 cm³/mol. The molecule has 2 aromatic carbocycles. The van der Waals surface area contributed by atoms with Crippen LogP contribution in [0.3, 0.4) is 0 Å². The highest BCUT2D eigenvalue weighted by Gasteiger charge is 2.09. The number of nitrogen functional groups attached to an aromatic ring is 2. The zero-order valence-electron chi connectivity index (χ0n) is 15.9. The van der Waals surface area contributed by atoms with E-state index in [1.165, 1.54) is 0 Å². The summed E-state index contributed by atoms with van der Waals surface area (Å²) in [5.74, 6) is 2.30. The molecule has 6 nitrogen and oxygen atoms in total. The van der Waals surface area contributed by atoms with Crippen molar-refractivity contribution >= 4 is 28.3 Å². The van der Waals surface area contributed by atoms with Gasteiger partial charge in [0.1, 0.15) is 35.3 Å². The Morgan fingerprint density at radius 2 is 1.86 bits per heavy atom. The molecule has 0 bridgehead atoms. The third-order valence-electron chi connectivity index (χ3n) is 4.53. The average Bonchev–Trinajstić information content (AvgIpc) is 3.13. The Morgan fingerprint density at radius 3 is 2.66 bits per heavy atom. The Labute approximate surface area is 168 Å². The van der Waals surface area contributed by atoms with Crippen LogP contribution in [0.5, 0.6) is 5.75 Å². The quantitative estimate of drug-likeness (QED) is 0.437. The first-order valence-corrected chi connectivity index (χ1v) is 9.23. The number of hydrogen-bond donors (Lipinski definition) is 3. The highest BCUT2D eigenvalue weighted by Crippen LogP contribution is 2.25. The Hall–Kier alpha value is -3.93. The van der Waals surface area contributed by atoms with Gasteiger partial charge < -0.3 is 25.9 Å². The highest BCUT2D eigenvalue weighted by molar-refractivity contribution is 5.79. The molecule has 0 aliphatic heterocycles. The molecule has 0 atom stereocenters. The van der Waals surface area contributed by atoms with Crippen LogP contribution in [0.4, 0.5) is 11.6 Å². The van der Waals surface area contributed by atoms with Crippen molar-refractivity contribution < 1.29 is 9.15 Å². The molecule has 0 aliphatic rings. The number of anilines is 2. The summed E-state index contributed by atoms with van der Waals surface area (Å²) in [6.45, 7) is 5.01. The van der Waals surface area contributed by atoms with Crippen molar-refractivity contribution in [3.8, 4) is 5.75 Å². The molecule has 2 aromatic heterocycles. The summed E-state index contributed by atoms with van der Waals surface area (Å²) in [5, 5.41) is 4.20. The SMILES string of the molecule is C=C(NCc1cc2cc(OCc3ccccc3)ccc2o1)c1ccc(N)nc1N. The third kappa shape index (κ3) is 4.32. The van der Waals surface area contributed by atoms with Crippen LogP contribution >= 0.6 is 0 Å². The number of hydrogen-bond acceptors (Lipinski definition) is 6. The molecular weight excluding hydrogens is 364 g/mol. The van der Waals surface area contributed by atoms with Crippen LogP contribution in [0.1, 0.15) is 16.9 Å². The van der Waals surface area contributed by atoms with E-state index in [0.29, 0.717) is 36.0 Å².